The van der Waals surface area contributed by atoms with Crippen LogP contribution in [-0.4, -0.2) is 24.0 Å². The minimum absolute atomic E-state index is 0.0625. The van der Waals surface area contributed by atoms with Crippen LogP contribution in [0.3, 0.4) is 0 Å². The molecule has 1 aromatic carbocycles. The van der Waals surface area contributed by atoms with Crippen LogP contribution in [-0.2, 0) is 10.1 Å². The van der Waals surface area contributed by atoms with Gasteiger partial charge in [0.2, 0.25) is 0 Å². The van der Waals surface area contributed by atoms with Crippen molar-refractivity contribution in [1.29, 1.82) is 0 Å². The van der Waals surface area contributed by atoms with Gasteiger partial charge in [0.15, 0.2) is 0 Å². The third-order valence-electron chi connectivity index (χ3n) is 2.37. The summed E-state index contributed by atoms with van der Waals surface area (Å²) in [4.78, 5) is 10.6. The lowest BCUT2D eigenvalue weighted by atomic mass is 10.00. The maximum absolute atomic E-state index is 11.1. The Kier molecular flexibility index (Phi) is 3.07. The van der Waals surface area contributed by atoms with Crippen LogP contribution in [0.15, 0.2) is 11.0 Å². The van der Waals surface area contributed by atoms with Crippen molar-refractivity contribution in [3.05, 3.63) is 28.3 Å². The average Bonchev–Trinajstić information content (AvgIpc) is 1.97. The number of aromatic carboxylic acids is 1. The highest BCUT2D eigenvalue weighted by atomic mass is 32.2. The molecule has 1 aromatic rings. The summed E-state index contributed by atoms with van der Waals surface area (Å²) in [5, 5.41) is 8.95. The van der Waals surface area contributed by atoms with Gasteiger partial charge in [0, 0.05) is 0 Å². The lowest BCUT2D eigenvalue weighted by molar-refractivity contribution is 0.0695. The minimum atomic E-state index is -4.40. The van der Waals surface area contributed by atoms with E-state index in [0.717, 1.165) is 0 Å². The molecule has 0 atom stereocenters. The van der Waals surface area contributed by atoms with Crippen molar-refractivity contribution in [3.63, 3.8) is 0 Å². The number of aryl methyl sites for hydroxylation is 2. The van der Waals surface area contributed by atoms with Gasteiger partial charge in [-0.1, -0.05) is 6.07 Å². The van der Waals surface area contributed by atoms with Crippen molar-refractivity contribution in [1.82, 2.24) is 0 Å². The standard InChI is InChI=1S/C10H12O5S/c1-5-4-6(2)9(16(13,14)15)7(3)8(5)10(11)12/h4H,1-3H3,(H,11,12)(H,13,14,15). The molecule has 0 radical (unpaired) electrons. The molecule has 0 unspecified atom stereocenters. The summed E-state index contributed by atoms with van der Waals surface area (Å²) < 4.78 is 31.3. The summed E-state index contributed by atoms with van der Waals surface area (Å²) in [6, 6.07) is 1.43. The summed E-state index contributed by atoms with van der Waals surface area (Å²) in [7, 11) is -4.40. The summed E-state index contributed by atoms with van der Waals surface area (Å²) in [5.41, 5.74) is 0.781. The van der Waals surface area contributed by atoms with E-state index in [-0.39, 0.29) is 16.0 Å². The van der Waals surface area contributed by atoms with Gasteiger partial charge in [-0.3, -0.25) is 4.55 Å². The molecule has 0 heterocycles. The Balaban J connectivity index is 3.79. The maximum atomic E-state index is 11.1. The van der Waals surface area contributed by atoms with Gasteiger partial charge in [-0.25, -0.2) is 4.79 Å². The van der Waals surface area contributed by atoms with Crippen molar-refractivity contribution in [2.24, 2.45) is 0 Å². The third kappa shape index (κ3) is 2.07. The van der Waals surface area contributed by atoms with E-state index in [4.69, 9.17) is 9.66 Å². The summed E-state index contributed by atoms with van der Waals surface area (Å²) in [5.74, 6) is -1.21. The monoisotopic (exact) mass is 244 g/mol. The zero-order valence-electron chi connectivity index (χ0n) is 9.10. The van der Waals surface area contributed by atoms with E-state index >= 15 is 0 Å². The molecule has 0 aromatic heterocycles. The van der Waals surface area contributed by atoms with E-state index in [9.17, 15) is 13.2 Å². The van der Waals surface area contributed by atoms with Gasteiger partial charge in [-0.05, 0) is 37.5 Å². The van der Waals surface area contributed by atoms with Crippen LogP contribution in [0.4, 0.5) is 0 Å². The molecule has 6 heteroatoms. The smallest absolute Gasteiger partial charge is 0.336 e. The molecule has 0 amide bonds. The number of hydrogen-bond donors (Lipinski definition) is 2. The SMILES string of the molecule is Cc1cc(C)c(S(=O)(=O)O)c(C)c1C(=O)O. The number of carboxylic acids is 1. The molecule has 2 N–H and O–H groups in total. The first-order chi connectivity index (χ1) is 7.16. The molecule has 5 nitrogen and oxygen atoms in total. The van der Waals surface area contributed by atoms with Crippen molar-refractivity contribution in [2.45, 2.75) is 25.7 Å². The van der Waals surface area contributed by atoms with Crippen LogP contribution in [0.1, 0.15) is 27.0 Å². The zero-order chi connectivity index (χ0) is 12.7. The van der Waals surface area contributed by atoms with Crippen LogP contribution in [0.5, 0.6) is 0 Å². The fourth-order valence-corrected chi connectivity index (χ4v) is 2.85. The molecule has 0 spiro atoms. The van der Waals surface area contributed by atoms with E-state index in [2.05, 4.69) is 0 Å². The summed E-state index contributed by atoms with van der Waals surface area (Å²) in [6.07, 6.45) is 0. The Hall–Kier alpha value is -1.40. The number of hydrogen-bond acceptors (Lipinski definition) is 3. The second-order valence-electron chi connectivity index (χ2n) is 3.62. The lowest BCUT2D eigenvalue weighted by Crippen LogP contribution is -2.11. The van der Waals surface area contributed by atoms with Gasteiger partial charge in [0.1, 0.15) is 4.90 Å². The Morgan fingerprint density at radius 2 is 1.69 bits per heavy atom. The number of carbonyl (C=O) groups is 1. The Morgan fingerprint density at radius 1 is 1.19 bits per heavy atom. The molecule has 1 rings (SSSR count). The largest absolute Gasteiger partial charge is 0.478 e. The molecule has 0 fully saturated rings. The van der Waals surface area contributed by atoms with Crippen molar-refractivity contribution < 1.29 is 22.9 Å². The van der Waals surface area contributed by atoms with Crippen molar-refractivity contribution in [3.8, 4) is 0 Å². The fraction of sp³-hybridized carbons (Fsp3) is 0.300. The van der Waals surface area contributed by atoms with Crippen LogP contribution in [0.2, 0.25) is 0 Å². The topological polar surface area (TPSA) is 91.7 Å². The molecular weight excluding hydrogens is 232 g/mol. The molecule has 0 saturated heterocycles. The Labute approximate surface area is 93.5 Å². The molecule has 0 aliphatic carbocycles. The molecule has 0 bridgehead atoms. The van der Waals surface area contributed by atoms with Crippen LogP contribution >= 0.6 is 0 Å². The highest BCUT2D eigenvalue weighted by Gasteiger charge is 2.23. The lowest BCUT2D eigenvalue weighted by Gasteiger charge is -2.12. The summed E-state index contributed by atoms with van der Waals surface area (Å²) >= 11 is 0. The molecule has 0 aliphatic rings. The van der Waals surface area contributed by atoms with E-state index in [0.29, 0.717) is 11.1 Å². The average molecular weight is 244 g/mol. The number of rotatable bonds is 2. The van der Waals surface area contributed by atoms with E-state index < -0.39 is 16.1 Å². The van der Waals surface area contributed by atoms with Crippen LogP contribution in [0.25, 0.3) is 0 Å². The fourth-order valence-electron chi connectivity index (χ4n) is 1.89. The molecule has 0 aliphatic heterocycles. The van der Waals surface area contributed by atoms with Gasteiger partial charge in [0.05, 0.1) is 5.56 Å². The van der Waals surface area contributed by atoms with E-state index in [1.165, 1.54) is 19.9 Å². The van der Waals surface area contributed by atoms with E-state index in [1.807, 2.05) is 0 Å². The Morgan fingerprint density at radius 3 is 2.06 bits per heavy atom. The Bertz CT molecular complexity index is 557. The first-order valence-electron chi connectivity index (χ1n) is 4.48. The van der Waals surface area contributed by atoms with Crippen molar-refractivity contribution in [2.75, 3.05) is 0 Å². The predicted molar refractivity (Wildman–Crippen MR) is 57.4 cm³/mol. The summed E-state index contributed by atoms with van der Waals surface area (Å²) in [6.45, 7) is 4.46. The van der Waals surface area contributed by atoms with Gasteiger partial charge < -0.3 is 5.11 Å². The van der Waals surface area contributed by atoms with Gasteiger partial charge in [-0.15, -0.1) is 0 Å². The maximum Gasteiger partial charge on any atom is 0.336 e. The quantitative estimate of drug-likeness (QED) is 0.770. The predicted octanol–water partition coefficient (Wildman–Crippen LogP) is 1.56. The van der Waals surface area contributed by atoms with E-state index in [1.54, 1.807) is 6.92 Å². The van der Waals surface area contributed by atoms with Gasteiger partial charge >= 0.3 is 5.97 Å². The second-order valence-corrected chi connectivity index (χ2v) is 4.98. The number of benzene rings is 1. The van der Waals surface area contributed by atoms with Crippen LogP contribution in [0, 0.1) is 20.8 Å². The minimum Gasteiger partial charge on any atom is -0.478 e. The zero-order valence-corrected chi connectivity index (χ0v) is 9.92. The number of carboxylic acid groups (broad SMARTS) is 1. The first kappa shape index (κ1) is 12.7. The van der Waals surface area contributed by atoms with Gasteiger partial charge in [0.25, 0.3) is 10.1 Å². The normalized spacial score (nSPS) is 11.5. The van der Waals surface area contributed by atoms with Crippen molar-refractivity contribution >= 4 is 16.1 Å². The second kappa shape index (κ2) is 3.88. The molecular formula is C10H12O5S. The highest BCUT2D eigenvalue weighted by Crippen LogP contribution is 2.26. The third-order valence-corrected chi connectivity index (χ3v) is 3.52. The van der Waals surface area contributed by atoms with Crippen LogP contribution < -0.4 is 0 Å². The molecule has 16 heavy (non-hydrogen) atoms. The molecule has 88 valence electrons. The van der Waals surface area contributed by atoms with Gasteiger partial charge in [-0.2, -0.15) is 8.42 Å². The molecule has 0 saturated carbocycles. The highest BCUT2D eigenvalue weighted by molar-refractivity contribution is 7.86. The first-order valence-corrected chi connectivity index (χ1v) is 5.92.